The maximum absolute atomic E-state index is 14.6. The second kappa shape index (κ2) is 10.7. The number of piperidine rings is 1. The zero-order valence-corrected chi connectivity index (χ0v) is 23.7. The van der Waals surface area contributed by atoms with Crippen molar-refractivity contribution in [3.05, 3.63) is 60.4 Å². The topological polar surface area (TPSA) is 123 Å². The molecule has 0 aliphatic carbocycles. The second-order valence-corrected chi connectivity index (χ2v) is 15.1. The van der Waals surface area contributed by atoms with Gasteiger partial charge in [0.1, 0.15) is 10.7 Å². The van der Waals surface area contributed by atoms with Crippen molar-refractivity contribution in [3.8, 4) is 0 Å². The van der Waals surface area contributed by atoms with Gasteiger partial charge in [-0.2, -0.15) is 17.5 Å². The molecule has 40 heavy (non-hydrogen) atoms. The van der Waals surface area contributed by atoms with Gasteiger partial charge in [-0.3, -0.25) is 0 Å². The van der Waals surface area contributed by atoms with E-state index in [1.54, 1.807) is 17.7 Å². The van der Waals surface area contributed by atoms with Gasteiger partial charge in [0.25, 0.3) is 20.0 Å². The molecule has 0 radical (unpaired) electrons. The van der Waals surface area contributed by atoms with Crippen LogP contribution in [0.4, 0.5) is 17.6 Å². The van der Waals surface area contributed by atoms with Gasteiger partial charge < -0.3 is 0 Å². The number of rotatable bonds is 9. The fourth-order valence-electron chi connectivity index (χ4n) is 4.99. The van der Waals surface area contributed by atoms with Crippen LogP contribution in [0.15, 0.2) is 64.5 Å². The Morgan fingerprint density at radius 2 is 1.50 bits per heavy atom. The standard InChI is InChI=1S/C24H27F4N3O6S3/c1-2-11-23(17-29-40(36,37)24(26,27)28)12-14-30(15-13-23)39(34,35)22-16-18-7-3-5-9-20(18)31(22)38(32,33)21-10-6-4-8-19(21)25/h3-10,16,29H,2,11-15,17H2,1H3. The first-order valence-corrected chi connectivity index (χ1v) is 16.6. The number of nitrogens with one attached hydrogen (secondary N) is 1. The van der Waals surface area contributed by atoms with Crippen LogP contribution >= 0.6 is 0 Å². The fourth-order valence-corrected chi connectivity index (χ4v) is 9.22. The first-order valence-electron chi connectivity index (χ1n) is 12.2. The molecular weight excluding hydrogens is 598 g/mol. The monoisotopic (exact) mass is 625 g/mol. The van der Waals surface area contributed by atoms with Crippen molar-refractivity contribution in [3.63, 3.8) is 0 Å². The van der Waals surface area contributed by atoms with Gasteiger partial charge in [-0.25, -0.2) is 38.3 Å². The maximum Gasteiger partial charge on any atom is 0.511 e. The number of benzene rings is 2. The largest absolute Gasteiger partial charge is 0.511 e. The van der Waals surface area contributed by atoms with E-state index in [2.05, 4.69) is 0 Å². The summed E-state index contributed by atoms with van der Waals surface area (Å²) in [4.78, 5) is -0.717. The highest BCUT2D eigenvalue weighted by Gasteiger charge is 2.48. The molecule has 1 aliphatic rings. The summed E-state index contributed by atoms with van der Waals surface area (Å²) in [5, 5.41) is -0.336. The number of aromatic nitrogens is 1. The summed E-state index contributed by atoms with van der Waals surface area (Å²) in [6, 6.07) is 11.7. The van der Waals surface area contributed by atoms with Gasteiger partial charge in [-0.1, -0.05) is 43.7 Å². The first kappa shape index (κ1) is 30.4. The minimum atomic E-state index is -5.59. The Morgan fingerprint density at radius 3 is 2.10 bits per heavy atom. The lowest BCUT2D eigenvalue weighted by atomic mass is 9.75. The zero-order valence-electron chi connectivity index (χ0n) is 21.2. The smallest absolute Gasteiger partial charge is 0.221 e. The number of sulfonamides is 2. The molecule has 9 nitrogen and oxygen atoms in total. The highest BCUT2D eigenvalue weighted by Crippen LogP contribution is 2.39. The van der Waals surface area contributed by atoms with E-state index in [4.69, 9.17) is 0 Å². The van der Waals surface area contributed by atoms with Crippen molar-refractivity contribution in [1.29, 1.82) is 0 Å². The molecule has 0 saturated carbocycles. The van der Waals surface area contributed by atoms with Gasteiger partial charge in [0.2, 0.25) is 0 Å². The van der Waals surface area contributed by atoms with Crippen molar-refractivity contribution in [2.24, 2.45) is 5.41 Å². The van der Waals surface area contributed by atoms with Crippen LogP contribution in [-0.2, 0) is 30.1 Å². The Balaban J connectivity index is 1.70. The van der Waals surface area contributed by atoms with Gasteiger partial charge in [-0.15, -0.1) is 0 Å². The molecular formula is C24H27F4N3O6S3. The van der Waals surface area contributed by atoms with Gasteiger partial charge in [0.15, 0.2) is 5.03 Å². The van der Waals surface area contributed by atoms with E-state index in [1.807, 2.05) is 0 Å². The Bertz CT molecular complexity index is 1730. The van der Waals surface area contributed by atoms with E-state index in [-0.39, 0.29) is 36.8 Å². The fraction of sp³-hybridized carbons (Fsp3) is 0.417. The predicted molar refractivity (Wildman–Crippen MR) is 139 cm³/mol. The third-order valence-corrected chi connectivity index (χ3v) is 12.0. The molecule has 0 spiro atoms. The van der Waals surface area contributed by atoms with Crippen LogP contribution in [0.1, 0.15) is 32.6 Å². The molecule has 0 atom stereocenters. The summed E-state index contributed by atoms with van der Waals surface area (Å²) in [6.07, 6.45) is 0.903. The van der Waals surface area contributed by atoms with Crippen LogP contribution in [0.3, 0.4) is 0 Å². The molecule has 0 unspecified atom stereocenters. The Hall–Kier alpha value is -2.53. The minimum Gasteiger partial charge on any atom is -0.221 e. The molecule has 1 aromatic heterocycles. The SMILES string of the molecule is CCCC1(CNS(=O)(=O)C(F)(F)F)CCN(S(=O)(=O)c2cc3ccccc3n2S(=O)(=O)c2ccccc2F)CC1. The summed E-state index contributed by atoms with van der Waals surface area (Å²) < 4.78 is 134. The third-order valence-electron chi connectivity index (χ3n) is 7.10. The average molecular weight is 626 g/mol. The molecule has 2 heterocycles. The van der Waals surface area contributed by atoms with Gasteiger partial charge in [0, 0.05) is 25.0 Å². The lowest BCUT2D eigenvalue weighted by molar-refractivity contribution is -0.0451. The molecule has 1 saturated heterocycles. The molecule has 220 valence electrons. The van der Waals surface area contributed by atoms with E-state index in [9.17, 15) is 42.8 Å². The highest BCUT2D eigenvalue weighted by atomic mass is 32.2. The Kier molecular flexibility index (Phi) is 8.14. The van der Waals surface area contributed by atoms with E-state index in [1.165, 1.54) is 36.4 Å². The van der Waals surface area contributed by atoms with Crippen molar-refractivity contribution >= 4 is 41.0 Å². The van der Waals surface area contributed by atoms with Crippen LogP contribution < -0.4 is 4.72 Å². The van der Waals surface area contributed by atoms with Gasteiger partial charge in [-0.05, 0) is 48.9 Å². The van der Waals surface area contributed by atoms with Crippen molar-refractivity contribution < 1.29 is 42.8 Å². The van der Waals surface area contributed by atoms with E-state index >= 15 is 0 Å². The number of fused-ring (bicyclic) bond motifs is 1. The number of hydrogen-bond acceptors (Lipinski definition) is 6. The number of para-hydroxylation sites is 1. The summed E-state index contributed by atoms with van der Waals surface area (Å²) in [7, 11) is -14.8. The lowest BCUT2D eigenvalue weighted by Gasteiger charge is -2.41. The average Bonchev–Trinajstić information content (AvgIpc) is 3.29. The molecule has 16 heteroatoms. The predicted octanol–water partition coefficient (Wildman–Crippen LogP) is 4.03. The van der Waals surface area contributed by atoms with Crippen LogP contribution in [0.2, 0.25) is 0 Å². The number of halogens is 4. The Morgan fingerprint density at radius 1 is 0.900 bits per heavy atom. The van der Waals surface area contributed by atoms with Crippen molar-refractivity contribution in [1.82, 2.24) is 13.0 Å². The summed E-state index contributed by atoms with van der Waals surface area (Å²) >= 11 is 0. The minimum absolute atomic E-state index is 0.0169. The van der Waals surface area contributed by atoms with Crippen LogP contribution in [0.5, 0.6) is 0 Å². The van der Waals surface area contributed by atoms with Crippen LogP contribution in [0, 0.1) is 11.2 Å². The molecule has 1 N–H and O–H groups in total. The van der Waals surface area contributed by atoms with Crippen LogP contribution in [0.25, 0.3) is 10.9 Å². The molecule has 0 bridgehead atoms. The van der Waals surface area contributed by atoms with E-state index in [0.717, 1.165) is 16.4 Å². The summed E-state index contributed by atoms with van der Waals surface area (Å²) in [6.45, 7) is 0.850. The van der Waals surface area contributed by atoms with E-state index in [0.29, 0.717) is 16.8 Å². The van der Waals surface area contributed by atoms with Gasteiger partial charge >= 0.3 is 15.5 Å². The number of nitrogens with zero attached hydrogens (tertiary/aromatic N) is 2. The summed E-state index contributed by atoms with van der Waals surface area (Å²) in [5.41, 5.74) is -6.41. The first-order chi connectivity index (χ1) is 18.6. The molecule has 1 fully saturated rings. The van der Waals surface area contributed by atoms with Crippen molar-refractivity contribution in [2.45, 2.75) is 48.0 Å². The van der Waals surface area contributed by atoms with E-state index < -0.39 is 63.3 Å². The summed E-state index contributed by atoms with van der Waals surface area (Å²) in [5.74, 6) is -1.06. The second-order valence-electron chi connectivity index (χ2n) is 9.67. The molecule has 3 aromatic rings. The normalized spacial score (nSPS) is 17.3. The molecule has 4 rings (SSSR count). The quantitative estimate of drug-likeness (QED) is 0.359. The third kappa shape index (κ3) is 5.51. The maximum atomic E-state index is 14.6. The molecule has 2 aromatic carbocycles. The highest BCUT2D eigenvalue weighted by molar-refractivity contribution is 7.92. The Labute approximate surface area is 229 Å². The molecule has 1 aliphatic heterocycles. The zero-order chi connectivity index (χ0) is 29.6. The van der Waals surface area contributed by atoms with Gasteiger partial charge in [0.05, 0.1) is 5.52 Å². The lowest BCUT2D eigenvalue weighted by Crippen LogP contribution is -2.49. The number of alkyl halides is 3. The molecule has 0 amide bonds. The van der Waals surface area contributed by atoms with Crippen LogP contribution in [-0.4, -0.2) is 58.7 Å². The number of hydrogen-bond donors (Lipinski definition) is 1. The van der Waals surface area contributed by atoms with Crippen molar-refractivity contribution in [2.75, 3.05) is 19.6 Å².